The Hall–Kier alpha value is -5.21. The Labute approximate surface area is 282 Å². The first-order chi connectivity index (χ1) is 23.5. The molecule has 48 heavy (non-hydrogen) atoms. The summed E-state index contributed by atoms with van der Waals surface area (Å²) in [7, 11) is -4.55. The van der Waals surface area contributed by atoms with E-state index in [4.69, 9.17) is 15.0 Å². The van der Waals surface area contributed by atoms with E-state index in [1.54, 1.807) is 6.20 Å². The summed E-state index contributed by atoms with van der Waals surface area (Å²) in [6.07, 6.45) is 1.78. The zero-order valence-electron chi connectivity index (χ0n) is 26.3. The quantitative estimate of drug-likeness (QED) is 0.149. The van der Waals surface area contributed by atoms with E-state index in [1.165, 1.54) is 0 Å². The van der Waals surface area contributed by atoms with E-state index in [0.717, 1.165) is 60.8 Å². The van der Waals surface area contributed by atoms with Gasteiger partial charge in [0.1, 0.15) is 15.6 Å². The van der Waals surface area contributed by atoms with Crippen LogP contribution in [0.2, 0.25) is 0 Å². The van der Waals surface area contributed by atoms with Crippen LogP contribution in [0.5, 0.6) is 0 Å². The van der Waals surface area contributed by atoms with Gasteiger partial charge < -0.3 is 9.13 Å². The second kappa shape index (κ2) is 13.9. The molecule has 0 bridgehead atoms. The van der Waals surface area contributed by atoms with E-state index in [-0.39, 0.29) is 0 Å². The van der Waals surface area contributed by atoms with Gasteiger partial charge in [-0.2, -0.15) is 0 Å². The fourth-order valence-electron chi connectivity index (χ4n) is 6.08. The van der Waals surface area contributed by atoms with Crippen LogP contribution in [0.1, 0.15) is 24.0 Å². The molecule has 5 nitrogen and oxygen atoms in total. The lowest BCUT2D eigenvalue weighted by molar-refractivity contribution is 0.597. The van der Waals surface area contributed by atoms with Crippen LogP contribution >= 0.6 is 15.6 Å². The van der Waals surface area contributed by atoms with Gasteiger partial charge in [-0.3, -0.25) is 15.0 Å². The van der Waals surface area contributed by atoms with Gasteiger partial charge in [-0.1, -0.05) is 127 Å². The molecule has 4 aromatic carbocycles. The largest absolute Gasteiger partial charge is 0.317 e. The van der Waals surface area contributed by atoms with Crippen LogP contribution in [0.4, 0.5) is 0 Å². The topological polar surface area (TPSA) is 72.8 Å². The predicted molar refractivity (Wildman–Crippen MR) is 199 cm³/mol. The summed E-state index contributed by atoms with van der Waals surface area (Å²) in [4.78, 5) is 15.3. The van der Waals surface area contributed by atoms with Crippen molar-refractivity contribution in [3.63, 3.8) is 0 Å². The molecule has 3 heterocycles. The van der Waals surface area contributed by atoms with Crippen molar-refractivity contribution in [3.05, 3.63) is 187 Å². The maximum absolute atomic E-state index is 13.8. The summed E-state index contributed by atoms with van der Waals surface area (Å²) < 4.78 is 27.6. The predicted octanol–water partition coefficient (Wildman–Crippen LogP) is 7.58. The average molecular weight is 662 g/mol. The van der Waals surface area contributed by atoms with Gasteiger partial charge in [0.05, 0.1) is 33.9 Å². The van der Waals surface area contributed by atoms with Crippen molar-refractivity contribution in [1.29, 1.82) is 0 Å². The molecule has 7 aromatic rings. The Morgan fingerprint density at radius 3 is 1.31 bits per heavy atom. The Morgan fingerprint density at radius 1 is 0.438 bits per heavy atom. The van der Waals surface area contributed by atoms with Crippen molar-refractivity contribution >= 4 is 36.8 Å². The molecule has 3 aromatic heterocycles. The minimum atomic E-state index is -2.28. The molecular formula is C41H33N3O2P2. The third-order valence-electron chi connectivity index (χ3n) is 8.67. The highest BCUT2D eigenvalue weighted by atomic mass is 31.1. The Kier molecular flexibility index (Phi) is 9.07. The summed E-state index contributed by atoms with van der Waals surface area (Å²) in [6.45, 7) is 2.09. The monoisotopic (exact) mass is 661 g/mol. The highest BCUT2D eigenvalue weighted by Crippen LogP contribution is 2.38. The molecule has 7 rings (SSSR count). The summed E-state index contributed by atoms with van der Waals surface area (Å²) >= 11 is 0. The van der Waals surface area contributed by atoms with E-state index in [9.17, 15) is 9.13 Å². The van der Waals surface area contributed by atoms with Crippen LogP contribution in [0, 0.1) is 0 Å². The number of hydrogen-bond donors (Lipinski definition) is 0. The smallest absolute Gasteiger partial charge is 0.132 e. The molecule has 0 amide bonds. The maximum Gasteiger partial charge on any atom is 0.132 e. The first kappa shape index (κ1) is 31.4. The molecule has 0 N–H and O–H groups in total. The molecule has 234 valence electrons. The van der Waals surface area contributed by atoms with Gasteiger partial charge in [-0.15, -0.1) is 0 Å². The van der Waals surface area contributed by atoms with Crippen molar-refractivity contribution in [2.24, 2.45) is 0 Å². The van der Waals surface area contributed by atoms with Gasteiger partial charge in [-0.05, 0) is 43.3 Å². The standard InChI is InChI=1S/C41H33N3O2P2/c1-41(38-26-12-13-29-42-38,39-27-14-22-34(43-39)32-20-8-10-24-36(32)47(45)30-16-4-2-5-17-30)40-28-15-23-35(44-40)33-21-9-11-25-37(33)48(46)31-18-6-3-7-19-31/h2-29,47-48H,1H3. The summed E-state index contributed by atoms with van der Waals surface area (Å²) in [5.41, 5.74) is 4.55. The van der Waals surface area contributed by atoms with E-state index < -0.39 is 21.0 Å². The molecule has 7 heteroatoms. The van der Waals surface area contributed by atoms with Crippen LogP contribution in [0.3, 0.4) is 0 Å². The van der Waals surface area contributed by atoms with Crippen molar-refractivity contribution < 1.29 is 9.13 Å². The van der Waals surface area contributed by atoms with Crippen molar-refractivity contribution in [2.45, 2.75) is 12.3 Å². The third kappa shape index (κ3) is 6.11. The molecule has 0 radical (unpaired) electrons. The maximum atomic E-state index is 13.8. The van der Waals surface area contributed by atoms with Crippen LogP contribution in [0.15, 0.2) is 170 Å². The second-order valence-electron chi connectivity index (χ2n) is 11.6. The molecule has 0 aliphatic rings. The van der Waals surface area contributed by atoms with Gasteiger partial charge >= 0.3 is 0 Å². The number of pyridine rings is 3. The van der Waals surface area contributed by atoms with Crippen LogP contribution in [-0.4, -0.2) is 15.0 Å². The SMILES string of the molecule is CC(c1ccccn1)(c1cccc(-c2ccccc2[PH](=O)c2ccccc2)n1)c1cccc(-c2ccccc2[PH](=O)c2ccccc2)n1. The fourth-order valence-corrected chi connectivity index (χ4v) is 9.10. The second-order valence-corrected chi connectivity index (χ2v) is 15.2. The highest BCUT2D eigenvalue weighted by molar-refractivity contribution is 7.62. The van der Waals surface area contributed by atoms with E-state index >= 15 is 0 Å². The minimum Gasteiger partial charge on any atom is -0.317 e. The number of hydrogen-bond acceptors (Lipinski definition) is 5. The lowest BCUT2D eigenvalue weighted by atomic mass is 9.78. The van der Waals surface area contributed by atoms with Gasteiger partial charge in [-0.25, -0.2) is 0 Å². The fraction of sp³-hybridized carbons (Fsp3) is 0.0488. The van der Waals surface area contributed by atoms with Gasteiger partial charge in [0, 0.05) is 38.5 Å². The molecule has 2 atom stereocenters. The number of rotatable bonds is 9. The first-order valence-electron chi connectivity index (χ1n) is 15.8. The Balaban J connectivity index is 1.35. The Bertz CT molecular complexity index is 2110. The highest BCUT2D eigenvalue weighted by Gasteiger charge is 2.36. The summed E-state index contributed by atoms with van der Waals surface area (Å²) in [5, 5.41) is 3.15. The molecule has 0 fully saturated rings. The van der Waals surface area contributed by atoms with Crippen LogP contribution < -0.4 is 21.2 Å². The number of benzene rings is 4. The van der Waals surface area contributed by atoms with Gasteiger partial charge in [0.2, 0.25) is 0 Å². The lowest BCUT2D eigenvalue weighted by Crippen LogP contribution is -2.29. The van der Waals surface area contributed by atoms with Crippen LogP contribution in [-0.2, 0) is 14.5 Å². The van der Waals surface area contributed by atoms with E-state index in [2.05, 4.69) is 6.92 Å². The van der Waals surface area contributed by atoms with E-state index in [1.807, 2.05) is 164 Å². The lowest BCUT2D eigenvalue weighted by Gasteiger charge is -2.29. The van der Waals surface area contributed by atoms with Gasteiger partial charge in [0.15, 0.2) is 0 Å². The van der Waals surface area contributed by atoms with Crippen LogP contribution in [0.25, 0.3) is 22.5 Å². The molecular weight excluding hydrogens is 628 g/mol. The molecule has 0 aliphatic heterocycles. The first-order valence-corrected chi connectivity index (χ1v) is 18.6. The molecule has 0 saturated carbocycles. The third-order valence-corrected chi connectivity index (χ3v) is 12.2. The zero-order valence-corrected chi connectivity index (χ0v) is 28.3. The van der Waals surface area contributed by atoms with E-state index in [0.29, 0.717) is 0 Å². The van der Waals surface area contributed by atoms with Crippen molar-refractivity contribution in [1.82, 2.24) is 15.0 Å². The molecule has 2 unspecified atom stereocenters. The zero-order chi connectivity index (χ0) is 32.9. The summed E-state index contributed by atoms with van der Waals surface area (Å²) in [5.74, 6) is 0. The number of aromatic nitrogens is 3. The van der Waals surface area contributed by atoms with Crippen molar-refractivity contribution in [3.8, 4) is 22.5 Å². The number of nitrogens with zero attached hydrogens (tertiary/aromatic N) is 3. The molecule has 0 spiro atoms. The normalized spacial score (nSPS) is 13.7. The van der Waals surface area contributed by atoms with Gasteiger partial charge in [0.25, 0.3) is 0 Å². The minimum absolute atomic E-state index is 0.725. The molecule has 0 saturated heterocycles. The van der Waals surface area contributed by atoms with Crippen molar-refractivity contribution in [2.75, 3.05) is 0 Å². The summed E-state index contributed by atoms with van der Waals surface area (Å²) in [6, 6.07) is 52.5. The Morgan fingerprint density at radius 2 is 0.854 bits per heavy atom. The average Bonchev–Trinajstić information content (AvgIpc) is 3.18. The molecule has 0 aliphatic carbocycles.